The molecule has 1 aliphatic rings. The Morgan fingerprint density at radius 1 is 1.29 bits per heavy atom. The molecule has 3 heteroatoms. The number of fused-ring (bicyclic) bond motifs is 1. The molecule has 0 radical (unpaired) electrons. The van der Waals surface area contributed by atoms with E-state index < -0.39 is 0 Å². The van der Waals surface area contributed by atoms with E-state index in [0.717, 1.165) is 36.3 Å². The van der Waals surface area contributed by atoms with E-state index in [1.807, 2.05) is 37.3 Å². The highest BCUT2D eigenvalue weighted by atomic mass is 16.1. The Hall–Kier alpha value is -2.29. The smallest absolute Gasteiger partial charge is 0.255 e. The average Bonchev–Trinajstić information content (AvgIpc) is 2.96. The first-order valence-electron chi connectivity index (χ1n) is 7.45. The number of hydrogen-bond donors (Lipinski definition) is 2. The van der Waals surface area contributed by atoms with E-state index in [4.69, 9.17) is 0 Å². The van der Waals surface area contributed by atoms with Gasteiger partial charge >= 0.3 is 0 Å². The van der Waals surface area contributed by atoms with Crippen LogP contribution < -0.4 is 10.6 Å². The largest absolute Gasteiger partial charge is 0.384 e. The van der Waals surface area contributed by atoms with Crippen molar-refractivity contribution >= 4 is 17.3 Å². The molecular formula is C18H20N2O. The Balaban J connectivity index is 1.87. The minimum atomic E-state index is -0.0458. The third kappa shape index (κ3) is 2.64. The van der Waals surface area contributed by atoms with E-state index in [9.17, 15) is 4.79 Å². The lowest BCUT2D eigenvalue weighted by atomic mass is 10.0. The van der Waals surface area contributed by atoms with E-state index in [-0.39, 0.29) is 5.91 Å². The molecule has 2 N–H and O–H groups in total. The highest BCUT2D eigenvalue weighted by Gasteiger charge is 2.15. The zero-order valence-electron chi connectivity index (χ0n) is 12.5. The van der Waals surface area contributed by atoms with Gasteiger partial charge in [0.2, 0.25) is 0 Å². The number of benzene rings is 2. The number of rotatable bonds is 3. The van der Waals surface area contributed by atoms with Gasteiger partial charge in [-0.05, 0) is 48.6 Å². The predicted molar refractivity (Wildman–Crippen MR) is 87.1 cm³/mol. The Labute approximate surface area is 125 Å². The number of carbonyl (C=O) groups is 1. The van der Waals surface area contributed by atoms with Gasteiger partial charge < -0.3 is 10.6 Å². The molecule has 0 saturated carbocycles. The van der Waals surface area contributed by atoms with E-state index >= 15 is 0 Å². The summed E-state index contributed by atoms with van der Waals surface area (Å²) in [6, 6.07) is 12.0. The molecule has 0 atom stereocenters. The van der Waals surface area contributed by atoms with Crippen LogP contribution in [0.15, 0.2) is 36.4 Å². The van der Waals surface area contributed by atoms with Crippen LogP contribution in [-0.2, 0) is 12.8 Å². The van der Waals surface area contributed by atoms with Gasteiger partial charge in [-0.1, -0.05) is 31.2 Å². The Morgan fingerprint density at radius 3 is 2.95 bits per heavy atom. The van der Waals surface area contributed by atoms with Crippen molar-refractivity contribution in [1.29, 1.82) is 0 Å². The topological polar surface area (TPSA) is 41.1 Å². The van der Waals surface area contributed by atoms with Crippen LogP contribution in [0.1, 0.15) is 34.0 Å². The average molecular weight is 280 g/mol. The van der Waals surface area contributed by atoms with Gasteiger partial charge in [-0.25, -0.2) is 0 Å². The monoisotopic (exact) mass is 280 g/mol. The van der Waals surface area contributed by atoms with Gasteiger partial charge in [-0.3, -0.25) is 4.79 Å². The lowest BCUT2D eigenvalue weighted by molar-refractivity contribution is 0.102. The molecule has 0 spiro atoms. The van der Waals surface area contributed by atoms with Gasteiger partial charge in [0.15, 0.2) is 0 Å². The van der Waals surface area contributed by atoms with Crippen LogP contribution in [0.5, 0.6) is 0 Å². The molecule has 1 heterocycles. The summed E-state index contributed by atoms with van der Waals surface area (Å²) in [5.74, 6) is -0.0458. The lowest BCUT2D eigenvalue weighted by Crippen LogP contribution is -2.14. The maximum atomic E-state index is 12.5. The van der Waals surface area contributed by atoms with Crippen molar-refractivity contribution in [1.82, 2.24) is 0 Å². The molecule has 3 rings (SSSR count). The number of amides is 1. The van der Waals surface area contributed by atoms with E-state index in [1.54, 1.807) is 0 Å². The molecule has 0 fully saturated rings. The van der Waals surface area contributed by atoms with Gasteiger partial charge in [0.1, 0.15) is 0 Å². The number of nitrogens with one attached hydrogen (secondary N) is 2. The maximum absolute atomic E-state index is 12.5. The molecule has 21 heavy (non-hydrogen) atoms. The third-order valence-electron chi connectivity index (χ3n) is 4.06. The number of para-hydroxylation sites is 1. The van der Waals surface area contributed by atoms with Crippen LogP contribution in [0.3, 0.4) is 0 Å². The van der Waals surface area contributed by atoms with Crippen molar-refractivity contribution in [2.75, 3.05) is 17.2 Å². The molecule has 108 valence electrons. The van der Waals surface area contributed by atoms with Crippen LogP contribution >= 0.6 is 0 Å². The molecule has 0 aliphatic carbocycles. The van der Waals surface area contributed by atoms with Crippen molar-refractivity contribution in [2.24, 2.45) is 0 Å². The van der Waals surface area contributed by atoms with Gasteiger partial charge in [0.25, 0.3) is 5.91 Å². The van der Waals surface area contributed by atoms with Crippen LogP contribution in [0.4, 0.5) is 11.4 Å². The summed E-state index contributed by atoms with van der Waals surface area (Å²) in [4.78, 5) is 12.5. The summed E-state index contributed by atoms with van der Waals surface area (Å²) in [5.41, 5.74) is 6.29. The molecule has 0 unspecified atom stereocenters. The molecule has 0 saturated heterocycles. The minimum absolute atomic E-state index is 0.0458. The van der Waals surface area contributed by atoms with Crippen LogP contribution in [0.25, 0.3) is 0 Å². The zero-order valence-corrected chi connectivity index (χ0v) is 12.5. The molecule has 2 aromatic rings. The normalized spacial score (nSPS) is 12.7. The standard InChI is InChI=1S/C18H20N2O/c1-3-13-6-4-5-12(2)17(13)20-18(21)15-8-7-14-9-10-19-16(14)11-15/h4-8,11,19H,3,9-10H2,1-2H3,(H,20,21). The predicted octanol–water partition coefficient (Wildman–Crippen LogP) is 3.78. The second kappa shape index (κ2) is 5.60. The molecular weight excluding hydrogens is 260 g/mol. The summed E-state index contributed by atoms with van der Waals surface area (Å²) >= 11 is 0. The molecule has 1 aliphatic heterocycles. The van der Waals surface area contributed by atoms with Gasteiger partial charge in [-0.2, -0.15) is 0 Å². The Bertz CT molecular complexity index is 692. The lowest BCUT2D eigenvalue weighted by Gasteiger charge is -2.13. The Morgan fingerprint density at radius 2 is 2.14 bits per heavy atom. The Kier molecular flexibility index (Phi) is 3.65. The van der Waals surface area contributed by atoms with Crippen LogP contribution in [0, 0.1) is 6.92 Å². The molecule has 0 bridgehead atoms. The SMILES string of the molecule is CCc1cccc(C)c1NC(=O)c1ccc2c(c1)NCC2. The maximum Gasteiger partial charge on any atom is 0.255 e. The first kappa shape index (κ1) is 13.7. The second-order valence-electron chi connectivity index (χ2n) is 5.47. The van der Waals surface area contributed by atoms with E-state index in [1.165, 1.54) is 11.1 Å². The van der Waals surface area contributed by atoms with Gasteiger partial charge in [-0.15, -0.1) is 0 Å². The van der Waals surface area contributed by atoms with Gasteiger partial charge in [0, 0.05) is 23.5 Å². The summed E-state index contributed by atoms with van der Waals surface area (Å²) in [7, 11) is 0. The quantitative estimate of drug-likeness (QED) is 0.898. The summed E-state index contributed by atoms with van der Waals surface area (Å²) in [6.07, 6.45) is 1.94. The van der Waals surface area contributed by atoms with Crippen molar-refractivity contribution in [3.05, 3.63) is 58.7 Å². The van der Waals surface area contributed by atoms with Crippen molar-refractivity contribution < 1.29 is 4.79 Å². The number of anilines is 2. The fourth-order valence-corrected chi connectivity index (χ4v) is 2.82. The fraction of sp³-hybridized carbons (Fsp3) is 0.278. The number of hydrogen-bond acceptors (Lipinski definition) is 2. The third-order valence-corrected chi connectivity index (χ3v) is 4.06. The highest BCUT2D eigenvalue weighted by molar-refractivity contribution is 6.05. The van der Waals surface area contributed by atoms with E-state index in [0.29, 0.717) is 5.56 Å². The van der Waals surface area contributed by atoms with Crippen LogP contribution in [-0.4, -0.2) is 12.5 Å². The number of carbonyl (C=O) groups excluding carboxylic acids is 1. The number of aryl methyl sites for hydroxylation is 2. The highest BCUT2D eigenvalue weighted by Crippen LogP contribution is 2.25. The van der Waals surface area contributed by atoms with Gasteiger partial charge in [0.05, 0.1) is 0 Å². The molecule has 3 nitrogen and oxygen atoms in total. The first-order valence-corrected chi connectivity index (χ1v) is 7.45. The summed E-state index contributed by atoms with van der Waals surface area (Å²) in [5, 5.41) is 6.38. The van der Waals surface area contributed by atoms with Crippen molar-refractivity contribution in [3.8, 4) is 0 Å². The van der Waals surface area contributed by atoms with Crippen LogP contribution in [0.2, 0.25) is 0 Å². The zero-order chi connectivity index (χ0) is 14.8. The van der Waals surface area contributed by atoms with Crippen molar-refractivity contribution in [3.63, 3.8) is 0 Å². The minimum Gasteiger partial charge on any atom is -0.384 e. The summed E-state index contributed by atoms with van der Waals surface area (Å²) < 4.78 is 0. The van der Waals surface area contributed by atoms with Crippen molar-refractivity contribution in [2.45, 2.75) is 26.7 Å². The van der Waals surface area contributed by atoms with E-state index in [2.05, 4.69) is 23.6 Å². The summed E-state index contributed by atoms with van der Waals surface area (Å²) in [6.45, 7) is 5.08. The fourth-order valence-electron chi connectivity index (χ4n) is 2.82. The molecule has 0 aromatic heterocycles. The molecule has 1 amide bonds. The second-order valence-corrected chi connectivity index (χ2v) is 5.47. The first-order chi connectivity index (χ1) is 10.2. The molecule has 2 aromatic carbocycles.